The first-order valence-corrected chi connectivity index (χ1v) is 17.4. The molecule has 248 valence electrons. The minimum absolute atomic E-state index is 0.0312. The van der Waals surface area contributed by atoms with E-state index < -0.39 is 34.2 Å². The van der Waals surface area contributed by atoms with Crippen LogP contribution in [0.5, 0.6) is 0 Å². The number of fused-ring (bicyclic) bond motifs is 1. The molecule has 4 rings (SSSR count). The third kappa shape index (κ3) is 6.38. The Morgan fingerprint density at radius 1 is 1.09 bits per heavy atom. The first kappa shape index (κ1) is 35.3. The number of aliphatic hydroxyl groups excluding tert-OH is 1. The third-order valence-corrected chi connectivity index (χ3v) is 12.0. The van der Waals surface area contributed by atoms with Crippen LogP contribution in [-0.4, -0.2) is 79.9 Å². The zero-order valence-corrected chi connectivity index (χ0v) is 29.5. The van der Waals surface area contributed by atoms with Crippen molar-refractivity contribution in [3.05, 3.63) is 55.6 Å². The SMILES string of the molecule is C=CCN(C(=O)[C@@H]1[C@H]2C(=O)N([C@@H](CO)CC(C)C)C(C(=O)N(CC=C)C(C)(C)CC(C)(C)C)C23S[C@@H]1CC3C)c1ccccc1. The standard InChI is InChI=1S/C37H55N3O4S/c1-11-18-38(26-16-14-13-15-17-26)32(42)29-28-21-25(5)37(45-28)30(29)33(43)40(27(22-41)20-24(3)4)31(37)34(44)39(19-12-2)36(9,10)23-35(6,7)8/h11-17,24-25,27-31,41H,1-2,18-23H2,3-10H3/t25?,27-,28-,29+,30+,31?,37?/m1/s1. The number of nitrogens with zero attached hydrogens (tertiary/aromatic N) is 3. The minimum atomic E-state index is -0.794. The van der Waals surface area contributed by atoms with Gasteiger partial charge < -0.3 is 19.8 Å². The molecule has 1 aromatic carbocycles. The van der Waals surface area contributed by atoms with Crippen LogP contribution >= 0.6 is 11.8 Å². The normalized spacial score (nSPS) is 28.3. The predicted octanol–water partition coefficient (Wildman–Crippen LogP) is 6.18. The molecule has 3 aliphatic heterocycles. The highest BCUT2D eigenvalue weighted by atomic mass is 32.2. The lowest BCUT2D eigenvalue weighted by atomic mass is 9.65. The van der Waals surface area contributed by atoms with Crippen molar-refractivity contribution in [1.29, 1.82) is 0 Å². The molecule has 3 aliphatic rings. The van der Waals surface area contributed by atoms with Gasteiger partial charge in [-0.1, -0.05) is 71.9 Å². The molecule has 8 heteroatoms. The molecular formula is C37H55N3O4S. The average Bonchev–Trinajstić information content (AvgIpc) is 3.55. The van der Waals surface area contributed by atoms with E-state index in [9.17, 15) is 14.7 Å². The molecule has 1 spiro atoms. The Kier molecular flexibility index (Phi) is 10.4. The molecule has 0 radical (unpaired) electrons. The van der Waals surface area contributed by atoms with E-state index in [-0.39, 0.29) is 46.8 Å². The molecule has 3 heterocycles. The van der Waals surface area contributed by atoms with Gasteiger partial charge in [-0.2, -0.15) is 0 Å². The van der Waals surface area contributed by atoms with Gasteiger partial charge in [0.25, 0.3) is 0 Å². The fraction of sp³-hybridized carbons (Fsp3) is 0.649. The van der Waals surface area contributed by atoms with Gasteiger partial charge in [0, 0.05) is 29.6 Å². The molecule has 2 bridgehead atoms. The Hall–Kier alpha value is -2.58. The second-order valence-electron chi connectivity index (χ2n) is 15.6. The molecule has 3 unspecified atom stereocenters. The molecule has 7 atom stereocenters. The van der Waals surface area contributed by atoms with Crippen LogP contribution in [0.1, 0.15) is 74.7 Å². The first-order valence-electron chi connectivity index (χ1n) is 16.6. The van der Waals surface area contributed by atoms with E-state index in [4.69, 9.17) is 0 Å². The highest BCUT2D eigenvalue weighted by Gasteiger charge is 2.77. The van der Waals surface area contributed by atoms with Crippen LogP contribution in [0.2, 0.25) is 0 Å². The van der Waals surface area contributed by atoms with Crippen LogP contribution in [0.25, 0.3) is 0 Å². The molecule has 1 aromatic rings. The lowest BCUT2D eigenvalue weighted by Gasteiger charge is -2.47. The van der Waals surface area contributed by atoms with Crippen molar-refractivity contribution < 1.29 is 19.5 Å². The average molecular weight is 638 g/mol. The van der Waals surface area contributed by atoms with Gasteiger partial charge in [-0.3, -0.25) is 14.4 Å². The van der Waals surface area contributed by atoms with Crippen molar-refractivity contribution >= 4 is 35.2 Å². The number of carbonyl (C=O) groups excluding carboxylic acids is 3. The van der Waals surface area contributed by atoms with Crippen molar-refractivity contribution in [2.45, 2.75) is 102 Å². The molecule has 7 nitrogen and oxygen atoms in total. The van der Waals surface area contributed by atoms with Gasteiger partial charge >= 0.3 is 0 Å². The summed E-state index contributed by atoms with van der Waals surface area (Å²) in [5, 5.41) is 10.7. The maximum Gasteiger partial charge on any atom is 0.247 e. The summed E-state index contributed by atoms with van der Waals surface area (Å²) < 4.78 is -0.780. The maximum atomic E-state index is 15.2. The Labute approximate surface area is 275 Å². The summed E-state index contributed by atoms with van der Waals surface area (Å²) in [5.74, 6) is -1.39. The van der Waals surface area contributed by atoms with E-state index in [1.165, 1.54) is 0 Å². The maximum absolute atomic E-state index is 15.2. The molecular weight excluding hydrogens is 582 g/mol. The Bertz CT molecular complexity index is 1270. The molecule has 3 amide bonds. The second-order valence-corrected chi connectivity index (χ2v) is 17.2. The van der Waals surface area contributed by atoms with Crippen molar-refractivity contribution in [3.63, 3.8) is 0 Å². The number of hydrogen-bond donors (Lipinski definition) is 1. The number of para-hydroxylation sites is 1. The van der Waals surface area contributed by atoms with E-state index in [1.54, 1.807) is 33.7 Å². The van der Waals surface area contributed by atoms with Crippen molar-refractivity contribution in [3.8, 4) is 0 Å². The summed E-state index contributed by atoms with van der Waals surface area (Å²) in [4.78, 5) is 50.1. The molecule has 0 aromatic heterocycles. The van der Waals surface area contributed by atoms with Gasteiger partial charge in [0.15, 0.2) is 0 Å². The third-order valence-electron chi connectivity index (χ3n) is 9.97. The summed E-state index contributed by atoms with van der Waals surface area (Å²) in [6.07, 6.45) is 5.55. The highest BCUT2D eigenvalue weighted by molar-refractivity contribution is 8.02. The summed E-state index contributed by atoms with van der Waals surface area (Å²) in [6, 6.07) is 8.22. The van der Waals surface area contributed by atoms with Crippen molar-refractivity contribution in [2.75, 3.05) is 24.6 Å². The zero-order chi connectivity index (χ0) is 33.5. The Morgan fingerprint density at radius 2 is 1.71 bits per heavy atom. The molecule has 45 heavy (non-hydrogen) atoms. The number of likely N-dealkylation sites (tertiary alicyclic amines) is 1. The topological polar surface area (TPSA) is 81.2 Å². The number of thioether (sulfide) groups is 1. The van der Waals surface area contributed by atoms with Gasteiger partial charge in [-0.25, -0.2) is 0 Å². The largest absolute Gasteiger partial charge is 0.394 e. The fourth-order valence-corrected chi connectivity index (χ4v) is 11.2. The summed E-state index contributed by atoms with van der Waals surface area (Å²) >= 11 is 1.68. The summed E-state index contributed by atoms with van der Waals surface area (Å²) in [7, 11) is 0. The van der Waals surface area contributed by atoms with E-state index in [1.807, 2.05) is 35.2 Å². The molecule has 3 fully saturated rings. The van der Waals surface area contributed by atoms with Crippen LogP contribution in [0, 0.1) is 29.1 Å². The van der Waals surface area contributed by atoms with E-state index in [0.717, 1.165) is 18.5 Å². The summed E-state index contributed by atoms with van der Waals surface area (Å²) in [6.45, 7) is 25.3. The Morgan fingerprint density at radius 3 is 2.24 bits per heavy atom. The van der Waals surface area contributed by atoms with Crippen LogP contribution in [0.3, 0.4) is 0 Å². The zero-order valence-electron chi connectivity index (χ0n) is 28.7. The number of hydrogen-bond acceptors (Lipinski definition) is 5. The summed E-state index contributed by atoms with van der Waals surface area (Å²) in [5.41, 5.74) is 0.201. The highest BCUT2D eigenvalue weighted by Crippen LogP contribution is 2.69. The number of anilines is 1. The van der Waals surface area contributed by atoms with Gasteiger partial charge in [0.2, 0.25) is 17.7 Å². The molecule has 0 saturated carbocycles. The van der Waals surface area contributed by atoms with Gasteiger partial charge in [-0.15, -0.1) is 24.9 Å². The van der Waals surface area contributed by atoms with E-state index in [2.05, 4.69) is 68.5 Å². The number of amides is 3. The smallest absolute Gasteiger partial charge is 0.247 e. The van der Waals surface area contributed by atoms with Crippen LogP contribution in [-0.2, 0) is 14.4 Å². The van der Waals surface area contributed by atoms with Crippen LogP contribution < -0.4 is 4.90 Å². The van der Waals surface area contributed by atoms with Crippen molar-refractivity contribution in [1.82, 2.24) is 9.80 Å². The Balaban J connectivity index is 1.87. The number of aliphatic hydroxyl groups is 1. The first-order chi connectivity index (χ1) is 21.0. The molecule has 0 aliphatic carbocycles. The van der Waals surface area contributed by atoms with Gasteiger partial charge in [0.05, 0.1) is 29.2 Å². The monoisotopic (exact) mass is 637 g/mol. The van der Waals surface area contributed by atoms with Gasteiger partial charge in [-0.05, 0) is 62.5 Å². The predicted molar refractivity (Wildman–Crippen MR) is 185 cm³/mol. The molecule has 3 saturated heterocycles. The van der Waals surface area contributed by atoms with Gasteiger partial charge in [0.1, 0.15) is 6.04 Å². The van der Waals surface area contributed by atoms with Crippen LogP contribution in [0.15, 0.2) is 55.6 Å². The van der Waals surface area contributed by atoms with E-state index in [0.29, 0.717) is 19.5 Å². The van der Waals surface area contributed by atoms with Crippen LogP contribution in [0.4, 0.5) is 5.69 Å². The molecule has 1 N–H and O–H groups in total. The quantitative estimate of drug-likeness (QED) is 0.262. The number of rotatable bonds is 13. The second kappa shape index (κ2) is 13.3. The lowest BCUT2D eigenvalue weighted by Crippen LogP contribution is -2.63. The minimum Gasteiger partial charge on any atom is -0.394 e. The lowest BCUT2D eigenvalue weighted by molar-refractivity contribution is -0.149. The van der Waals surface area contributed by atoms with Crippen molar-refractivity contribution in [2.24, 2.45) is 29.1 Å². The van der Waals surface area contributed by atoms with E-state index >= 15 is 4.79 Å². The number of carbonyl (C=O) groups is 3. The number of benzene rings is 1. The fourth-order valence-electron chi connectivity index (χ4n) is 8.78.